The number of aromatic hydroxyl groups is 1. The number of amides is 1. The van der Waals surface area contributed by atoms with E-state index < -0.39 is 11.5 Å². The van der Waals surface area contributed by atoms with Crippen LogP contribution in [0.15, 0.2) is 59.7 Å². The molecular weight excluding hydrogens is 361 g/mol. The molecule has 0 radical (unpaired) electrons. The molecule has 26 heavy (non-hydrogen) atoms. The Bertz CT molecular complexity index is 1020. The average molecular weight is 374 g/mol. The highest BCUT2D eigenvalue weighted by molar-refractivity contribution is 6.31. The number of anilines is 1. The molecule has 0 fully saturated rings. The van der Waals surface area contributed by atoms with Crippen LogP contribution in [0.3, 0.4) is 0 Å². The van der Waals surface area contributed by atoms with Crippen LogP contribution in [0.5, 0.6) is 5.75 Å². The second-order valence-corrected chi connectivity index (χ2v) is 5.89. The molecule has 6 nitrogen and oxygen atoms in total. The van der Waals surface area contributed by atoms with E-state index in [1.54, 1.807) is 0 Å². The van der Waals surface area contributed by atoms with E-state index in [2.05, 4.69) is 10.3 Å². The van der Waals surface area contributed by atoms with Crippen LogP contribution >= 0.6 is 11.6 Å². The fourth-order valence-corrected chi connectivity index (χ4v) is 2.45. The number of carbonyl (C=O) groups is 1. The number of halogens is 2. The molecule has 0 aliphatic heterocycles. The number of phenolic OH excluding ortho intramolecular Hbond substituents is 1. The Balaban J connectivity index is 1.75. The van der Waals surface area contributed by atoms with Gasteiger partial charge in [-0.05, 0) is 42.5 Å². The monoisotopic (exact) mass is 373 g/mol. The van der Waals surface area contributed by atoms with Crippen LogP contribution in [0.25, 0.3) is 11.3 Å². The first-order valence-corrected chi connectivity index (χ1v) is 7.91. The highest BCUT2D eigenvalue weighted by Gasteiger charge is 2.10. The van der Waals surface area contributed by atoms with Gasteiger partial charge in [-0.2, -0.15) is 0 Å². The molecule has 3 aromatic rings. The minimum atomic E-state index is -0.527. The molecule has 1 aromatic heterocycles. The maximum atomic E-state index is 13.0. The minimum Gasteiger partial charge on any atom is -0.506 e. The van der Waals surface area contributed by atoms with E-state index in [-0.39, 0.29) is 23.8 Å². The Morgan fingerprint density at radius 1 is 1.19 bits per heavy atom. The van der Waals surface area contributed by atoms with E-state index in [1.807, 2.05) is 0 Å². The van der Waals surface area contributed by atoms with Crippen molar-refractivity contribution >= 4 is 23.2 Å². The summed E-state index contributed by atoms with van der Waals surface area (Å²) >= 11 is 5.82. The third-order valence-corrected chi connectivity index (χ3v) is 3.80. The molecule has 1 amide bonds. The second kappa shape index (κ2) is 7.37. The normalized spacial score (nSPS) is 10.5. The van der Waals surface area contributed by atoms with Gasteiger partial charge >= 0.3 is 0 Å². The molecule has 3 rings (SSSR count). The summed E-state index contributed by atoms with van der Waals surface area (Å²) in [5.41, 5.74) is 0.666. The summed E-state index contributed by atoms with van der Waals surface area (Å²) in [5, 5.41) is 12.5. The summed E-state index contributed by atoms with van der Waals surface area (Å²) in [6, 6.07) is 11.1. The van der Waals surface area contributed by atoms with Gasteiger partial charge < -0.3 is 10.4 Å². The zero-order valence-corrected chi connectivity index (χ0v) is 14.1. The van der Waals surface area contributed by atoms with Crippen molar-refractivity contribution in [3.05, 3.63) is 76.1 Å². The molecule has 0 atom stereocenters. The average Bonchev–Trinajstić information content (AvgIpc) is 2.60. The van der Waals surface area contributed by atoms with E-state index in [0.717, 1.165) is 4.57 Å². The van der Waals surface area contributed by atoms with Crippen molar-refractivity contribution in [2.45, 2.75) is 6.54 Å². The van der Waals surface area contributed by atoms with Gasteiger partial charge in [0.25, 0.3) is 5.56 Å². The smallest absolute Gasteiger partial charge is 0.254 e. The van der Waals surface area contributed by atoms with Crippen molar-refractivity contribution in [3.8, 4) is 17.0 Å². The number of nitrogens with zero attached hydrogens (tertiary/aromatic N) is 2. The lowest BCUT2D eigenvalue weighted by Gasteiger charge is -2.09. The predicted molar refractivity (Wildman–Crippen MR) is 95.6 cm³/mol. The largest absolute Gasteiger partial charge is 0.506 e. The van der Waals surface area contributed by atoms with E-state index in [0.29, 0.717) is 16.3 Å². The number of carbonyl (C=O) groups excluding carboxylic acids is 1. The van der Waals surface area contributed by atoms with Gasteiger partial charge in [-0.15, -0.1) is 0 Å². The molecule has 2 N–H and O–H groups in total. The molecule has 2 aromatic carbocycles. The topological polar surface area (TPSA) is 84.2 Å². The van der Waals surface area contributed by atoms with E-state index in [1.165, 1.54) is 54.9 Å². The fourth-order valence-electron chi connectivity index (χ4n) is 2.28. The number of rotatable bonds is 4. The second-order valence-electron chi connectivity index (χ2n) is 5.46. The van der Waals surface area contributed by atoms with Gasteiger partial charge in [0.15, 0.2) is 0 Å². The van der Waals surface area contributed by atoms with Crippen LogP contribution in [0.2, 0.25) is 5.02 Å². The molecule has 8 heteroatoms. The van der Waals surface area contributed by atoms with Gasteiger partial charge in [-0.1, -0.05) is 11.6 Å². The van der Waals surface area contributed by atoms with E-state index in [4.69, 9.17) is 11.6 Å². The van der Waals surface area contributed by atoms with Crippen LogP contribution in [-0.2, 0) is 11.3 Å². The molecule has 0 aliphatic carbocycles. The lowest BCUT2D eigenvalue weighted by molar-refractivity contribution is -0.116. The van der Waals surface area contributed by atoms with Crippen LogP contribution in [0.1, 0.15) is 0 Å². The molecule has 0 unspecified atom stereocenters. The van der Waals surface area contributed by atoms with Crippen molar-refractivity contribution in [1.82, 2.24) is 9.55 Å². The van der Waals surface area contributed by atoms with Crippen molar-refractivity contribution in [2.24, 2.45) is 0 Å². The molecular formula is C18H13ClFN3O3. The quantitative estimate of drug-likeness (QED) is 0.688. The van der Waals surface area contributed by atoms with Crippen LogP contribution in [-0.4, -0.2) is 20.6 Å². The number of benzene rings is 2. The van der Waals surface area contributed by atoms with Crippen molar-refractivity contribution < 1.29 is 14.3 Å². The number of aromatic nitrogens is 2. The van der Waals surface area contributed by atoms with Crippen LogP contribution < -0.4 is 10.9 Å². The number of hydrogen-bond acceptors (Lipinski definition) is 4. The molecule has 0 spiro atoms. The van der Waals surface area contributed by atoms with Crippen molar-refractivity contribution in [3.63, 3.8) is 0 Å². The molecule has 0 saturated heterocycles. The zero-order chi connectivity index (χ0) is 18.7. The molecule has 1 heterocycles. The Labute approximate surface area is 152 Å². The number of hydrogen-bond donors (Lipinski definition) is 2. The number of nitrogens with one attached hydrogen (secondary N) is 1. The van der Waals surface area contributed by atoms with Gasteiger partial charge in [0, 0.05) is 16.7 Å². The van der Waals surface area contributed by atoms with E-state index >= 15 is 0 Å². The summed E-state index contributed by atoms with van der Waals surface area (Å²) in [6.07, 6.45) is 1.23. The molecule has 0 saturated carbocycles. The van der Waals surface area contributed by atoms with Gasteiger partial charge in [-0.25, -0.2) is 9.37 Å². The minimum absolute atomic E-state index is 0.139. The lowest BCUT2D eigenvalue weighted by atomic mass is 10.1. The highest BCUT2D eigenvalue weighted by Crippen LogP contribution is 2.26. The predicted octanol–water partition coefficient (Wildman–Crippen LogP) is 3.05. The Morgan fingerprint density at radius 3 is 2.62 bits per heavy atom. The summed E-state index contributed by atoms with van der Waals surface area (Å²) < 4.78 is 14.1. The standard InChI is InChI=1S/C18H13ClFN3O3/c19-12-3-6-16(24)15(7-12)22-17(25)9-23-10-21-14(8-18(23)26)11-1-4-13(20)5-2-11/h1-8,10,24H,9H2,(H,22,25). The van der Waals surface area contributed by atoms with E-state index in [9.17, 15) is 19.1 Å². The maximum Gasteiger partial charge on any atom is 0.254 e. The highest BCUT2D eigenvalue weighted by atomic mass is 35.5. The van der Waals surface area contributed by atoms with Gasteiger partial charge in [-0.3, -0.25) is 14.2 Å². The summed E-state index contributed by atoms with van der Waals surface area (Å²) in [4.78, 5) is 28.4. The molecule has 0 aliphatic rings. The van der Waals surface area contributed by atoms with Gasteiger partial charge in [0.1, 0.15) is 18.1 Å². The zero-order valence-electron chi connectivity index (χ0n) is 13.3. The third kappa shape index (κ3) is 4.07. The van der Waals surface area contributed by atoms with Crippen LogP contribution in [0.4, 0.5) is 10.1 Å². The molecule has 0 bridgehead atoms. The third-order valence-electron chi connectivity index (χ3n) is 3.57. The first kappa shape index (κ1) is 17.6. The maximum absolute atomic E-state index is 13.0. The summed E-state index contributed by atoms with van der Waals surface area (Å²) in [7, 11) is 0. The summed E-state index contributed by atoms with van der Waals surface area (Å²) in [5.74, 6) is -1.05. The molecule has 132 valence electrons. The SMILES string of the molecule is O=C(Cn1cnc(-c2ccc(F)cc2)cc1=O)Nc1cc(Cl)ccc1O. The van der Waals surface area contributed by atoms with Crippen molar-refractivity contribution in [1.29, 1.82) is 0 Å². The van der Waals surface area contributed by atoms with Gasteiger partial charge in [0.2, 0.25) is 5.91 Å². The first-order valence-electron chi connectivity index (χ1n) is 7.53. The Kier molecular flexibility index (Phi) is 4.99. The summed E-state index contributed by atoms with van der Waals surface area (Å²) in [6.45, 7) is -0.290. The Hall–Kier alpha value is -3.19. The van der Waals surface area contributed by atoms with Crippen LogP contribution in [0, 0.1) is 5.82 Å². The first-order chi connectivity index (χ1) is 12.4. The van der Waals surface area contributed by atoms with Gasteiger partial charge in [0.05, 0.1) is 17.7 Å². The lowest BCUT2D eigenvalue weighted by Crippen LogP contribution is -2.27. The fraction of sp³-hybridized carbons (Fsp3) is 0.0556. The number of phenols is 1. The Morgan fingerprint density at radius 2 is 1.92 bits per heavy atom. The van der Waals surface area contributed by atoms with Crippen molar-refractivity contribution in [2.75, 3.05) is 5.32 Å².